The van der Waals surface area contributed by atoms with Crippen molar-refractivity contribution in [3.05, 3.63) is 28.8 Å². The quantitative estimate of drug-likeness (QED) is 0.899. The van der Waals surface area contributed by atoms with Crippen LogP contribution in [0.15, 0.2) is 23.1 Å². The number of benzene rings is 1. The Morgan fingerprint density at radius 3 is 2.67 bits per heavy atom. The van der Waals surface area contributed by atoms with Gasteiger partial charge in [-0.1, -0.05) is 17.7 Å². The topological polar surface area (TPSA) is 63.4 Å². The maximum Gasteiger partial charge on any atom is 0.244 e. The van der Waals surface area contributed by atoms with Gasteiger partial charge in [-0.25, -0.2) is 12.7 Å². The number of nitrogens with two attached hydrogens (primary N) is 1. The molecule has 1 aromatic carbocycles. The van der Waals surface area contributed by atoms with Gasteiger partial charge in [-0.05, 0) is 36.5 Å². The minimum Gasteiger partial charge on any atom is -0.326 e. The first-order valence-electron chi connectivity index (χ1n) is 5.90. The molecule has 18 heavy (non-hydrogen) atoms. The van der Waals surface area contributed by atoms with Crippen LogP contribution in [0.5, 0.6) is 0 Å². The lowest BCUT2D eigenvalue weighted by Crippen LogP contribution is -2.29. The summed E-state index contributed by atoms with van der Waals surface area (Å²) < 4.78 is 26.2. The second-order valence-electron chi connectivity index (χ2n) is 4.70. The van der Waals surface area contributed by atoms with Gasteiger partial charge in [0.15, 0.2) is 0 Å². The lowest BCUT2D eigenvalue weighted by atomic mass is 10.2. The third-order valence-corrected chi connectivity index (χ3v) is 5.44. The standard InChI is InChI=1S/C12H17ClN2O2S/c1-15(8-9-2-3-9)18(16,17)12-6-10(7-14)4-5-11(12)13/h4-6,9H,2-3,7-8,14H2,1H3. The molecule has 4 nitrogen and oxygen atoms in total. The molecule has 0 spiro atoms. The highest BCUT2D eigenvalue weighted by molar-refractivity contribution is 7.89. The number of nitrogens with zero attached hydrogens (tertiary/aromatic N) is 1. The Morgan fingerprint density at radius 1 is 1.44 bits per heavy atom. The molecular formula is C12H17ClN2O2S. The monoisotopic (exact) mass is 288 g/mol. The SMILES string of the molecule is CN(CC1CC1)S(=O)(=O)c1cc(CN)ccc1Cl. The molecular weight excluding hydrogens is 272 g/mol. The van der Waals surface area contributed by atoms with Crippen LogP contribution >= 0.6 is 11.6 Å². The lowest BCUT2D eigenvalue weighted by molar-refractivity contribution is 0.453. The van der Waals surface area contributed by atoms with E-state index in [1.54, 1.807) is 25.2 Å². The van der Waals surface area contributed by atoms with Crippen molar-refractivity contribution in [2.45, 2.75) is 24.3 Å². The van der Waals surface area contributed by atoms with Crippen molar-refractivity contribution in [1.29, 1.82) is 0 Å². The van der Waals surface area contributed by atoms with Crippen LogP contribution < -0.4 is 5.73 Å². The van der Waals surface area contributed by atoms with Crippen LogP contribution in [-0.2, 0) is 16.6 Å². The molecule has 0 bridgehead atoms. The maximum absolute atomic E-state index is 12.4. The minimum absolute atomic E-state index is 0.148. The van der Waals surface area contributed by atoms with Crippen LogP contribution in [0.25, 0.3) is 0 Å². The molecule has 100 valence electrons. The van der Waals surface area contributed by atoms with Crippen molar-refractivity contribution in [3.8, 4) is 0 Å². The first kappa shape index (κ1) is 13.8. The zero-order chi connectivity index (χ0) is 13.3. The number of halogens is 1. The van der Waals surface area contributed by atoms with Crippen LogP contribution in [0, 0.1) is 5.92 Å². The van der Waals surface area contributed by atoms with E-state index in [1.807, 2.05) is 0 Å². The number of sulfonamides is 1. The van der Waals surface area contributed by atoms with Gasteiger partial charge >= 0.3 is 0 Å². The van der Waals surface area contributed by atoms with Gasteiger partial charge in [0, 0.05) is 20.1 Å². The molecule has 0 atom stereocenters. The van der Waals surface area contributed by atoms with Crippen LogP contribution in [0.4, 0.5) is 0 Å². The molecule has 2 N–H and O–H groups in total. The van der Waals surface area contributed by atoms with E-state index in [-0.39, 0.29) is 9.92 Å². The molecule has 0 radical (unpaired) electrons. The molecule has 6 heteroatoms. The zero-order valence-corrected chi connectivity index (χ0v) is 11.8. The molecule has 0 saturated heterocycles. The van der Waals surface area contributed by atoms with Gasteiger partial charge in [-0.15, -0.1) is 0 Å². The van der Waals surface area contributed by atoms with Crippen LogP contribution in [0.1, 0.15) is 18.4 Å². The molecule has 1 aliphatic carbocycles. The summed E-state index contributed by atoms with van der Waals surface area (Å²) in [6, 6.07) is 4.88. The van der Waals surface area contributed by atoms with E-state index in [9.17, 15) is 8.42 Å². The van der Waals surface area contributed by atoms with Gasteiger partial charge < -0.3 is 5.73 Å². The fourth-order valence-corrected chi connectivity index (χ4v) is 3.57. The first-order valence-corrected chi connectivity index (χ1v) is 7.72. The summed E-state index contributed by atoms with van der Waals surface area (Å²) in [6.45, 7) is 0.859. The Kier molecular flexibility index (Phi) is 3.96. The third-order valence-electron chi connectivity index (χ3n) is 3.13. The molecule has 1 saturated carbocycles. The molecule has 0 unspecified atom stereocenters. The normalized spacial score (nSPS) is 16.2. The summed E-state index contributed by atoms with van der Waals surface area (Å²) >= 11 is 5.99. The van der Waals surface area contributed by atoms with Gasteiger partial charge in [0.05, 0.1) is 5.02 Å². The summed E-state index contributed by atoms with van der Waals surface area (Å²) in [5, 5.41) is 0.245. The van der Waals surface area contributed by atoms with E-state index < -0.39 is 10.0 Å². The average Bonchev–Trinajstić information content (AvgIpc) is 3.13. The lowest BCUT2D eigenvalue weighted by Gasteiger charge is -2.18. The highest BCUT2D eigenvalue weighted by Crippen LogP contribution is 2.32. The van der Waals surface area contributed by atoms with Gasteiger partial charge in [-0.3, -0.25) is 0 Å². The predicted octanol–water partition coefficient (Wildman–Crippen LogP) is 1.83. The third kappa shape index (κ3) is 2.85. The Bertz CT molecular complexity index is 541. The second kappa shape index (κ2) is 5.17. The van der Waals surface area contributed by atoms with Gasteiger partial charge in [0.2, 0.25) is 10.0 Å². The molecule has 0 aromatic heterocycles. The smallest absolute Gasteiger partial charge is 0.244 e. The molecule has 0 aliphatic heterocycles. The summed E-state index contributed by atoms with van der Waals surface area (Å²) in [5.74, 6) is 0.501. The summed E-state index contributed by atoms with van der Waals surface area (Å²) in [6.07, 6.45) is 2.22. The number of rotatable bonds is 5. The van der Waals surface area contributed by atoms with E-state index in [0.717, 1.165) is 18.4 Å². The van der Waals surface area contributed by atoms with E-state index in [2.05, 4.69) is 0 Å². The molecule has 2 rings (SSSR count). The van der Waals surface area contributed by atoms with Gasteiger partial charge in [0.25, 0.3) is 0 Å². The molecule has 0 heterocycles. The van der Waals surface area contributed by atoms with Crippen molar-refractivity contribution in [2.75, 3.05) is 13.6 Å². The summed E-state index contributed by atoms with van der Waals surface area (Å²) in [4.78, 5) is 0.148. The van der Waals surface area contributed by atoms with Crippen molar-refractivity contribution in [1.82, 2.24) is 4.31 Å². The van der Waals surface area contributed by atoms with Crippen LogP contribution in [-0.4, -0.2) is 26.3 Å². The number of hydrogen-bond acceptors (Lipinski definition) is 3. The van der Waals surface area contributed by atoms with Gasteiger partial charge in [-0.2, -0.15) is 0 Å². The Balaban J connectivity index is 2.32. The Labute approximate surface area is 113 Å². The average molecular weight is 289 g/mol. The Hall–Kier alpha value is -0.620. The van der Waals surface area contributed by atoms with Crippen LogP contribution in [0.3, 0.4) is 0 Å². The molecule has 0 amide bonds. The fourth-order valence-electron chi connectivity index (χ4n) is 1.80. The predicted molar refractivity (Wildman–Crippen MR) is 71.9 cm³/mol. The van der Waals surface area contributed by atoms with Crippen molar-refractivity contribution in [3.63, 3.8) is 0 Å². The first-order chi connectivity index (χ1) is 8.45. The van der Waals surface area contributed by atoms with Crippen molar-refractivity contribution >= 4 is 21.6 Å². The second-order valence-corrected chi connectivity index (χ2v) is 7.12. The minimum atomic E-state index is -3.51. The van der Waals surface area contributed by atoms with E-state index in [0.29, 0.717) is 19.0 Å². The molecule has 1 aromatic rings. The van der Waals surface area contributed by atoms with E-state index in [4.69, 9.17) is 17.3 Å². The van der Waals surface area contributed by atoms with E-state index >= 15 is 0 Å². The van der Waals surface area contributed by atoms with E-state index in [1.165, 1.54) is 4.31 Å². The summed E-state index contributed by atoms with van der Waals surface area (Å²) in [7, 11) is -1.92. The van der Waals surface area contributed by atoms with Crippen molar-refractivity contribution < 1.29 is 8.42 Å². The number of hydrogen-bond donors (Lipinski definition) is 1. The Morgan fingerprint density at radius 2 is 2.11 bits per heavy atom. The van der Waals surface area contributed by atoms with Crippen LogP contribution in [0.2, 0.25) is 5.02 Å². The largest absolute Gasteiger partial charge is 0.326 e. The van der Waals surface area contributed by atoms with Gasteiger partial charge in [0.1, 0.15) is 4.90 Å². The molecule has 1 fully saturated rings. The maximum atomic E-state index is 12.4. The highest BCUT2D eigenvalue weighted by atomic mass is 35.5. The highest BCUT2D eigenvalue weighted by Gasteiger charge is 2.30. The summed E-state index contributed by atoms with van der Waals surface area (Å²) in [5.41, 5.74) is 6.29. The zero-order valence-electron chi connectivity index (χ0n) is 10.3. The molecule has 1 aliphatic rings. The fraction of sp³-hybridized carbons (Fsp3) is 0.500. The van der Waals surface area contributed by atoms with Crippen molar-refractivity contribution in [2.24, 2.45) is 11.7 Å².